The predicted octanol–water partition coefficient (Wildman–Crippen LogP) is 3.80. The van der Waals surface area contributed by atoms with Gasteiger partial charge in [0.2, 0.25) is 0 Å². The van der Waals surface area contributed by atoms with Gasteiger partial charge in [0.15, 0.2) is 0 Å². The Morgan fingerprint density at radius 3 is 2.05 bits per heavy atom. The molecule has 0 amide bonds. The van der Waals surface area contributed by atoms with Gasteiger partial charge in [0.1, 0.15) is 5.22 Å². The number of ether oxygens (including phenoxy) is 1. The van der Waals surface area contributed by atoms with Crippen molar-refractivity contribution < 1.29 is 18.7 Å². The first-order valence-electron chi connectivity index (χ1n) is 8.38. The molecule has 0 radical (unpaired) electrons. The van der Waals surface area contributed by atoms with Gasteiger partial charge in [-0.25, -0.2) is 0 Å². The van der Waals surface area contributed by atoms with E-state index in [0.717, 1.165) is 38.1 Å². The number of rotatable bonds is 8. The fraction of sp³-hybridized carbons (Fsp3) is 1.00. The maximum Gasteiger partial charge on any atom is 0.370 e. The van der Waals surface area contributed by atoms with Crippen LogP contribution >= 0.6 is 0 Å². The molecule has 0 aromatic heterocycles. The van der Waals surface area contributed by atoms with E-state index in [0.29, 0.717) is 6.61 Å². The third-order valence-corrected chi connectivity index (χ3v) is 8.92. The number of hydrogen-bond donors (Lipinski definition) is 1. The first kappa shape index (κ1) is 21.1. The largest absolute Gasteiger partial charge is 0.396 e. The van der Waals surface area contributed by atoms with Gasteiger partial charge in [0, 0.05) is 27.9 Å². The fourth-order valence-corrected chi connectivity index (χ4v) is 7.28. The van der Waals surface area contributed by atoms with E-state index in [4.69, 9.17) is 18.7 Å². The molecule has 0 bridgehead atoms. The molecule has 0 aromatic carbocycles. The Kier molecular flexibility index (Phi) is 11.6. The number of methoxy groups -OCH3 is 1. The Bertz CT molecular complexity index is 238. The van der Waals surface area contributed by atoms with Gasteiger partial charge in [-0.05, 0) is 25.3 Å². The summed E-state index contributed by atoms with van der Waals surface area (Å²) >= 11 is 0. The molecule has 21 heavy (non-hydrogen) atoms. The molecule has 0 saturated carbocycles. The lowest BCUT2D eigenvalue weighted by atomic mass is 10.1. The van der Waals surface area contributed by atoms with Gasteiger partial charge in [0.25, 0.3) is 0 Å². The lowest BCUT2D eigenvalue weighted by Crippen LogP contribution is -2.64. The fourth-order valence-electron chi connectivity index (χ4n) is 3.29. The monoisotopic (exact) mass is 320 g/mol. The van der Waals surface area contributed by atoms with Crippen LogP contribution in [0.3, 0.4) is 0 Å². The summed E-state index contributed by atoms with van der Waals surface area (Å²) in [5.41, 5.74) is 0. The SMILES string of the molecule is CCCC1(OC)CCCC[Si]1(OC)OC.CCCCCO. The molecule has 1 rings (SSSR count). The normalized spacial score (nSPS) is 24.3. The summed E-state index contributed by atoms with van der Waals surface area (Å²) in [5, 5.41) is 8.08. The van der Waals surface area contributed by atoms with Crippen LogP contribution in [-0.4, -0.2) is 46.8 Å². The summed E-state index contributed by atoms with van der Waals surface area (Å²) in [6, 6.07) is 1.06. The first-order valence-corrected chi connectivity index (χ1v) is 10.4. The van der Waals surface area contributed by atoms with E-state index in [1.807, 2.05) is 0 Å². The van der Waals surface area contributed by atoms with Crippen LogP contribution in [-0.2, 0) is 13.6 Å². The molecule has 1 saturated heterocycles. The van der Waals surface area contributed by atoms with E-state index < -0.39 is 8.56 Å². The minimum Gasteiger partial charge on any atom is -0.396 e. The van der Waals surface area contributed by atoms with E-state index in [9.17, 15) is 0 Å². The topological polar surface area (TPSA) is 47.9 Å². The Labute approximate surface area is 132 Å². The Morgan fingerprint density at radius 2 is 1.67 bits per heavy atom. The molecule has 0 spiro atoms. The predicted molar refractivity (Wildman–Crippen MR) is 89.7 cm³/mol. The van der Waals surface area contributed by atoms with Crippen molar-refractivity contribution in [2.75, 3.05) is 27.9 Å². The number of aliphatic hydroxyl groups is 1. The zero-order chi connectivity index (χ0) is 16.2. The lowest BCUT2D eigenvalue weighted by molar-refractivity contribution is -0.0149. The van der Waals surface area contributed by atoms with Crippen molar-refractivity contribution in [3.8, 4) is 0 Å². The molecular formula is C16H36O4Si. The molecule has 0 aromatic rings. The molecule has 1 aliphatic rings. The van der Waals surface area contributed by atoms with Crippen molar-refractivity contribution in [2.45, 2.75) is 76.5 Å². The summed E-state index contributed by atoms with van der Waals surface area (Å²) in [5.74, 6) is 0. The first-order chi connectivity index (χ1) is 10.1. The second-order valence-electron chi connectivity index (χ2n) is 5.75. The lowest BCUT2D eigenvalue weighted by Gasteiger charge is -2.47. The highest BCUT2D eigenvalue weighted by molar-refractivity contribution is 6.70. The van der Waals surface area contributed by atoms with Gasteiger partial charge in [-0.15, -0.1) is 0 Å². The van der Waals surface area contributed by atoms with Crippen LogP contribution in [0.4, 0.5) is 0 Å². The van der Waals surface area contributed by atoms with Crippen molar-refractivity contribution in [1.29, 1.82) is 0 Å². The van der Waals surface area contributed by atoms with E-state index >= 15 is 0 Å². The van der Waals surface area contributed by atoms with Crippen molar-refractivity contribution in [1.82, 2.24) is 0 Å². The van der Waals surface area contributed by atoms with Gasteiger partial charge in [-0.3, -0.25) is 0 Å². The molecule has 1 unspecified atom stereocenters. The van der Waals surface area contributed by atoms with Crippen LogP contribution in [0.5, 0.6) is 0 Å². The molecule has 1 atom stereocenters. The van der Waals surface area contributed by atoms with Crippen LogP contribution in [0.15, 0.2) is 0 Å². The minimum absolute atomic E-state index is 0.122. The van der Waals surface area contributed by atoms with E-state index in [1.165, 1.54) is 19.3 Å². The number of aliphatic hydroxyl groups excluding tert-OH is 1. The molecule has 1 fully saturated rings. The zero-order valence-electron chi connectivity index (χ0n) is 14.7. The molecule has 128 valence electrons. The van der Waals surface area contributed by atoms with E-state index in [-0.39, 0.29) is 5.22 Å². The average molecular weight is 321 g/mol. The molecular weight excluding hydrogens is 284 g/mol. The standard InChI is InChI=1S/C11H24O3Si.C5H12O/c1-5-8-11(12-2)9-6-7-10-15(11,13-3)14-4;1-2-3-4-5-6/h5-10H2,1-4H3;6H,2-5H2,1H3. The van der Waals surface area contributed by atoms with Crippen LogP contribution in [0.2, 0.25) is 6.04 Å². The van der Waals surface area contributed by atoms with Crippen molar-refractivity contribution in [3.63, 3.8) is 0 Å². The second-order valence-corrected chi connectivity index (χ2v) is 9.48. The zero-order valence-corrected chi connectivity index (χ0v) is 15.7. The smallest absolute Gasteiger partial charge is 0.370 e. The Balaban J connectivity index is 0.000000567. The molecule has 5 heteroatoms. The van der Waals surface area contributed by atoms with E-state index in [2.05, 4.69) is 13.8 Å². The number of unbranched alkanes of at least 4 members (excludes halogenated alkanes) is 2. The molecule has 1 heterocycles. The summed E-state index contributed by atoms with van der Waals surface area (Å²) < 4.78 is 17.4. The maximum absolute atomic E-state index is 8.20. The van der Waals surface area contributed by atoms with Crippen molar-refractivity contribution >= 4 is 8.56 Å². The van der Waals surface area contributed by atoms with Crippen molar-refractivity contribution in [3.05, 3.63) is 0 Å². The van der Waals surface area contributed by atoms with Crippen molar-refractivity contribution in [2.24, 2.45) is 0 Å². The quantitative estimate of drug-likeness (QED) is 0.546. The summed E-state index contributed by atoms with van der Waals surface area (Å²) in [6.45, 7) is 4.67. The van der Waals surface area contributed by atoms with Crippen LogP contribution in [0.1, 0.15) is 65.2 Å². The molecule has 1 aliphatic heterocycles. The highest BCUT2D eigenvalue weighted by Crippen LogP contribution is 2.42. The summed E-state index contributed by atoms with van der Waals surface area (Å²) in [7, 11) is 3.22. The van der Waals surface area contributed by atoms with Gasteiger partial charge in [0.05, 0.1) is 0 Å². The van der Waals surface area contributed by atoms with Gasteiger partial charge >= 0.3 is 8.56 Å². The average Bonchev–Trinajstić information content (AvgIpc) is 2.54. The van der Waals surface area contributed by atoms with Gasteiger partial charge in [-0.1, -0.05) is 46.0 Å². The molecule has 1 N–H and O–H groups in total. The maximum atomic E-state index is 8.20. The molecule has 0 aliphatic carbocycles. The summed E-state index contributed by atoms with van der Waals surface area (Å²) in [6.07, 6.45) is 9.03. The highest BCUT2D eigenvalue weighted by Gasteiger charge is 2.58. The third-order valence-electron chi connectivity index (χ3n) is 4.50. The Morgan fingerprint density at radius 1 is 1.00 bits per heavy atom. The van der Waals surface area contributed by atoms with E-state index in [1.54, 1.807) is 21.3 Å². The van der Waals surface area contributed by atoms with Gasteiger partial charge < -0.3 is 18.7 Å². The Hall–Kier alpha value is 0.0569. The molecule has 4 nitrogen and oxygen atoms in total. The van der Waals surface area contributed by atoms with Crippen LogP contribution in [0, 0.1) is 0 Å². The highest BCUT2D eigenvalue weighted by atomic mass is 28.4. The third kappa shape index (κ3) is 5.64. The van der Waals surface area contributed by atoms with Crippen LogP contribution < -0.4 is 0 Å². The second kappa shape index (κ2) is 11.6. The summed E-state index contributed by atoms with van der Waals surface area (Å²) in [4.78, 5) is 0. The van der Waals surface area contributed by atoms with Gasteiger partial charge in [-0.2, -0.15) is 0 Å². The minimum atomic E-state index is -2.15. The number of hydrogen-bond acceptors (Lipinski definition) is 4. The van der Waals surface area contributed by atoms with Crippen LogP contribution in [0.25, 0.3) is 0 Å².